The van der Waals surface area contributed by atoms with E-state index in [0.29, 0.717) is 29.2 Å². The van der Waals surface area contributed by atoms with Crippen molar-refractivity contribution in [1.82, 2.24) is 20.1 Å². The molecule has 4 atom stereocenters. The summed E-state index contributed by atoms with van der Waals surface area (Å²) >= 11 is 0. The molecule has 2 saturated heterocycles. The molecule has 8 nitrogen and oxygen atoms in total. The van der Waals surface area contributed by atoms with Crippen molar-refractivity contribution in [2.75, 3.05) is 6.54 Å². The third-order valence-corrected chi connectivity index (χ3v) is 7.78. The fraction of sp³-hybridized carbons (Fsp3) is 0.583. The standard InChI is InChI=1S/C24H30N4O4/c1-15-19(26-32-25-15)14-31-20-9-5-4-8-18(20)23(30)28-17-12-24(3)21(27(13-17)16(2)29)10-6-7-11-22(24)28/h4-5,8-9,17,21-22H,6-7,10-14H2,1-3H3/t17-,21+,22-,24+/m0/s1. The summed E-state index contributed by atoms with van der Waals surface area (Å²) in [4.78, 5) is 30.6. The Labute approximate surface area is 187 Å². The summed E-state index contributed by atoms with van der Waals surface area (Å²) < 4.78 is 10.7. The molecule has 1 aromatic heterocycles. The van der Waals surface area contributed by atoms with Gasteiger partial charge < -0.3 is 14.5 Å². The van der Waals surface area contributed by atoms with Crippen LogP contribution in [0.2, 0.25) is 0 Å². The highest BCUT2D eigenvalue weighted by Gasteiger charge is 2.60. The van der Waals surface area contributed by atoms with Gasteiger partial charge >= 0.3 is 0 Å². The first kappa shape index (κ1) is 21.0. The molecule has 2 aliphatic heterocycles. The van der Waals surface area contributed by atoms with Gasteiger partial charge in [-0.2, -0.15) is 0 Å². The number of amides is 2. The molecule has 2 bridgehead atoms. The van der Waals surface area contributed by atoms with Crippen molar-refractivity contribution in [2.24, 2.45) is 5.41 Å². The van der Waals surface area contributed by atoms with Crippen molar-refractivity contribution >= 4 is 11.8 Å². The predicted octanol–water partition coefficient (Wildman–Crippen LogP) is 3.35. The Balaban J connectivity index is 1.46. The Hall–Kier alpha value is -2.90. The summed E-state index contributed by atoms with van der Waals surface area (Å²) in [6, 6.07) is 7.74. The zero-order valence-electron chi connectivity index (χ0n) is 18.9. The van der Waals surface area contributed by atoms with Gasteiger partial charge in [0, 0.05) is 31.0 Å². The number of rotatable bonds is 4. The quantitative estimate of drug-likeness (QED) is 0.727. The summed E-state index contributed by atoms with van der Waals surface area (Å²) in [5.41, 5.74) is 1.76. The lowest BCUT2D eigenvalue weighted by Gasteiger charge is -2.46. The Morgan fingerprint density at radius 3 is 2.66 bits per heavy atom. The van der Waals surface area contributed by atoms with E-state index in [1.165, 1.54) is 0 Å². The van der Waals surface area contributed by atoms with Crippen molar-refractivity contribution in [3.05, 3.63) is 41.2 Å². The van der Waals surface area contributed by atoms with E-state index < -0.39 is 0 Å². The van der Waals surface area contributed by atoms with Crippen molar-refractivity contribution in [2.45, 2.75) is 77.6 Å². The van der Waals surface area contributed by atoms with E-state index in [-0.39, 0.29) is 42.0 Å². The second kappa shape index (κ2) is 7.90. The van der Waals surface area contributed by atoms with Gasteiger partial charge in [0.15, 0.2) is 0 Å². The minimum Gasteiger partial charge on any atom is -0.486 e. The van der Waals surface area contributed by atoms with Gasteiger partial charge in [-0.3, -0.25) is 9.59 Å². The molecule has 1 saturated carbocycles. The number of aromatic nitrogens is 2. The van der Waals surface area contributed by atoms with Crippen LogP contribution in [0.3, 0.4) is 0 Å². The first-order valence-corrected chi connectivity index (χ1v) is 11.5. The molecule has 3 heterocycles. The van der Waals surface area contributed by atoms with Crippen LogP contribution in [-0.2, 0) is 11.4 Å². The molecule has 0 spiro atoms. The average molecular weight is 439 g/mol. The fourth-order valence-electron chi connectivity index (χ4n) is 6.26. The lowest BCUT2D eigenvalue weighted by atomic mass is 9.71. The smallest absolute Gasteiger partial charge is 0.258 e. The van der Waals surface area contributed by atoms with Crippen LogP contribution in [0.15, 0.2) is 28.9 Å². The number of ether oxygens (including phenoxy) is 1. The van der Waals surface area contributed by atoms with E-state index in [4.69, 9.17) is 9.37 Å². The first-order chi connectivity index (χ1) is 15.4. The molecule has 5 rings (SSSR count). The van der Waals surface area contributed by atoms with E-state index in [0.717, 1.165) is 32.1 Å². The predicted molar refractivity (Wildman–Crippen MR) is 116 cm³/mol. The van der Waals surface area contributed by atoms with Gasteiger partial charge in [-0.25, -0.2) is 4.63 Å². The number of aryl methyl sites for hydroxylation is 1. The number of likely N-dealkylation sites (tertiary alicyclic amines) is 2. The molecule has 0 N–H and O–H groups in total. The second-order valence-electron chi connectivity index (χ2n) is 9.64. The molecule has 0 unspecified atom stereocenters. The number of carbonyl (C=O) groups is 2. The topological polar surface area (TPSA) is 88.8 Å². The van der Waals surface area contributed by atoms with Crippen LogP contribution in [0.5, 0.6) is 5.75 Å². The number of nitrogens with zero attached hydrogens (tertiary/aromatic N) is 4. The maximum atomic E-state index is 14.0. The number of hydrogen-bond acceptors (Lipinski definition) is 6. The van der Waals surface area contributed by atoms with Crippen molar-refractivity contribution in [3.8, 4) is 5.75 Å². The minimum absolute atomic E-state index is 0.0135. The fourth-order valence-corrected chi connectivity index (χ4v) is 6.26. The molecule has 0 radical (unpaired) electrons. The number of hydrogen-bond donors (Lipinski definition) is 0. The molecule has 32 heavy (non-hydrogen) atoms. The Morgan fingerprint density at radius 2 is 1.94 bits per heavy atom. The third kappa shape index (κ3) is 3.27. The third-order valence-electron chi connectivity index (χ3n) is 7.78. The molecule has 8 heteroatoms. The van der Waals surface area contributed by atoms with E-state index in [1.807, 2.05) is 29.2 Å². The highest BCUT2D eigenvalue weighted by Crippen LogP contribution is 2.53. The van der Waals surface area contributed by atoms with E-state index >= 15 is 0 Å². The van der Waals surface area contributed by atoms with Crippen molar-refractivity contribution in [1.29, 1.82) is 0 Å². The number of carbonyl (C=O) groups excluding carboxylic acids is 2. The van der Waals surface area contributed by atoms with Gasteiger partial charge in [0.1, 0.15) is 23.7 Å². The van der Waals surface area contributed by atoms with Crippen molar-refractivity contribution in [3.63, 3.8) is 0 Å². The van der Waals surface area contributed by atoms with Gasteiger partial charge in [-0.05, 0) is 38.3 Å². The maximum absolute atomic E-state index is 14.0. The van der Waals surface area contributed by atoms with Crippen LogP contribution in [0.25, 0.3) is 0 Å². The Kier molecular flexibility index (Phi) is 5.18. The van der Waals surface area contributed by atoms with E-state index in [9.17, 15) is 9.59 Å². The van der Waals surface area contributed by atoms with E-state index in [1.54, 1.807) is 13.8 Å². The summed E-state index contributed by atoms with van der Waals surface area (Å²) in [5.74, 6) is 0.627. The molecular weight excluding hydrogens is 408 g/mol. The SMILES string of the molecule is CC(=O)N1C[C@@H]2C[C@@]3(C)[C@H](CCCC[C@@H]13)N2C(=O)c1ccccc1OCc1nonc1C. The number of fused-ring (bicyclic) bond motifs is 1. The van der Waals surface area contributed by atoms with Crippen LogP contribution < -0.4 is 4.74 Å². The number of para-hydroxylation sites is 1. The molecular formula is C24H30N4O4. The summed E-state index contributed by atoms with van der Waals surface area (Å²) in [6.45, 7) is 6.55. The van der Waals surface area contributed by atoms with Gasteiger partial charge in [0.2, 0.25) is 5.91 Å². The van der Waals surface area contributed by atoms with Crippen LogP contribution in [0.4, 0.5) is 0 Å². The second-order valence-corrected chi connectivity index (χ2v) is 9.64. The summed E-state index contributed by atoms with van der Waals surface area (Å²) in [5, 5.41) is 7.65. The maximum Gasteiger partial charge on any atom is 0.258 e. The van der Waals surface area contributed by atoms with Crippen LogP contribution in [0, 0.1) is 12.3 Å². The highest BCUT2D eigenvalue weighted by atomic mass is 16.6. The lowest BCUT2D eigenvalue weighted by molar-refractivity contribution is -0.136. The van der Waals surface area contributed by atoms with Gasteiger partial charge in [-0.15, -0.1) is 0 Å². The van der Waals surface area contributed by atoms with E-state index in [2.05, 4.69) is 22.1 Å². The molecule has 3 aliphatic rings. The Morgan fingerprint density at radius 1 is 1.19 bits per heavy atom. The monoisotopic (exact) mass is 438 g/mol. The van der Waals surface area contributed by atoms with Gasteiger partial charge in [0.05, 0.1) is 11.6 Å². The zero-order valence-corrected chi connectivity index (χ0v) is 18.9. The molecule has 1 aliphatic carbocycles. The van der Waals surface area contributed by atoms with Crippen LogP contribution >= 0.6 is 0 Å². The zero-order chi connectivity index (χ0) is 22.5. The van der Waals surface area contributed by atoms with Crippen molar-refractivity contribution < 1.29 is 19.0 Å². The molecule has 3 fully saturated rings. The number of piperidine rings is 1. The average Bonchev–Trinajstić information content (AvgIpc) is 3.23. The summed E-state index contributed by atoms with van der Waals surface area (Å²) in [7, 11) is 0. The lowest BCUT2D eigenvalue weighted by Crippen LogP contribution is -2.55. The number of benzene rings is 1. The van der Waals surface area contributed by atoms with Gasteiger partial charge in [-0.1, -0.05) is 42.2 Å². The molecule has 2 amide bonds. The molecule has 170 valence electrons. The largest absolute Gasteiger partial charge is 0.486 e. The normalized spacial score (nSPS) is 29.0. The molecule has 2 aromatic rings. The van der Waals surface area contributed by atoms with Crippen LogP contribution in [0.1, 0.15) is 67.7 Å². The summed E-state index contributed by atoms with van der Waals surface area (Å²) in [6.07, 6.45) is 5.12. The highest BCUT2D eigenvalue weighted by molar-refractivity contribution is 5.97. The molecule has 1 aromatic carbocycles. The van der Waals surface area contributed by atoms with Crippen LogP contribution in [-0.4, -0.2) is 56.6 Å². The Bertz CT molecular complexity index is 1040. The van der Waals surface area contributed by atoms with Gasteiger partial charge in [0.25, 0.3) is 5.91 Å². The first-order valence-electron chi connectivity index (χ1n) is 11.5. The minimum atomic E-state index is -0.0694.